The fourth-order valence-corrected chi connectivity index (χ4v) is 4.60. The molecule has 7 rings (SSSR count). The summed E-state index contributed by atoms with van der Waals surface area (Å²) in [6, 6.07) is 31.4. The Bertz CT molecular complexity index is 1820. The highest BCUT2D eigenvalue weighted by Gasteiger charge is 2.19. The van der Waals surface area contributed by atoms with E-state index in [-0.39, 0.29) is 0 Å². The van der Waals surface area contributed by atoms with Gasteiger partial charge in [0.25, 0.3) is 0 Å². The first kappa shape index (κ1) is 18.0. The Hall–Kier alpha value is -4.64. The number of rotatable bonds is 2. The van der Waals surface area contributed by atoms with Gasteiger partial charge >= 0.3 is 0 Å². The maximum absolute atomic E-state index is 5.04. The van der Waals surface area contributed by atoms with Crippen molar-refractivity contribution in [2.75, 3.05) is 0 Å². The lowest BCUT2D eigenvalue weighted by molar-refractivity contribution is 1.05. The van der Waals surface area contributed by atoms with Gasteiger partial charge in [0.15, 0.2) is 22.8 Å². The van der Waals surface area contributed by atoms with Gasteiger partial charge in [0.05, 0.1) is 11.0 Å². The Morgan fingerprint density at radius 3 is 2.18 bits per heavy atom. The summed E-state index contributed by atoms with van der Waals surface area (Å²) >= 11 is 0. The first-order chi connectivity index (χ1) is 16.4. The van der Waals surface area contributed by atoms with Crippen LogP contribution in [0.15, 0.2) is 103 Å². The summed E-state index contributed by atoms with van der Waals surface area (Å²) in [6.45, 7) is 0. The molecular formula is C28H17N5. The van der Waals surface area contributed by atoms with Gasteiger partial charge in [0.1, 0.15) is 0 Å². The Morgan fingerprint density at radius 1 is 0.576 bits per heavy atom. The van der Waals surface area contributed by atoms with Crippen LogP contribution in [-0.4, -0.2) is 24.5 Å². The third-order valence-electron chi connectivity index (χ3n) is 6.10. The van der Waals surface area contributed by atoms with E-state index in [1.54, 1.807) is 12.4 Å². The molecule has 0 atom stereocenters. The van der Waals surface area contributed by atoms with E-state index in [0.717, 1.165) is 22.4 Å². The van der Waals surface area contributed by atoms with Crippen LogP contribution in [0.5, 0.6) is 0 Å². The molecule has 0 amide bonds. The van der Waals surface area contributed by atoms with E-state index in [9.17, 15) is 0 Å². The molecular weight excluding hydrogens is 406 g/mol. The van der Waals surface area contributed by atoms with Crippen molar-refractivity contribution in [2.24, 2.45) is 0 Å². The zero-order valence-electron chi connectivity index (χ0n) is 17.6. The average Bonchev–Trinajstić information content (AvgIpc) is 3.20. The molecule has 3 heterocycles. The van der Waals surface area contributed by atoms with Crippen LogP contribution in [0.3, 0.4) is 0 Å². The first-order valence-corrected chi connectivity index (χ1v) is 10.8. The minimum absolute atomic E-state index is 0.577. The van der Waals surface area contributed by atoms with Crippen molar-refractivity contribution < 1.29 is 0 Å². The lowest BCUT2D eigenvalue weighted by Gasteiger charge is -2.11. The number of benzene rings is 4. The standard InChI is InChI=1S/C28H17N5/c1-2-8-18(9-3-1)26-31-27-25(29-14-15-30-27)28(32-26)33-23-13-7-6-12-21(23)22-16-19-10-4-5-11-20(19)17-24(22)33/h1-17H. The molecule has 33 heavy (non-hydrogen) atoms. The molecule has 0 bridgehead atoms. The third kappa shape index (κ3) is 2.72. The van der Waals surface area contributed by atoms with Crippen LogP contribution in [0.2, 0.25) is 0 Å². The van der Waals surface area contributed by atoms with E-state index in [0.29, 0.717) is 17.0 Å². The fourth-order valence-electron chi connectivity index (χ4n) is 4.60. The normalized spacial score (nSPS) is 11.6. The number of hydrogen-bond donors (Lipinski definition) is 0. The first-order valence-electron chi connectivity index (χ1n) is 10.8. The average molecular weight is 423 g/mol. The summed E-state index contributed by atoms with van der Waals surface area (Å²) in [5, 5.41) is 4.75. The Kier molecular flexibility index (Phi) is 3.78. The highest BCUT2D eigenvalue weighted by molar-refractivity contribution is 6.14. The molecule has 0 saturated carbocycles. The quantitative estimate of drug-likeness (QED) is 0.326. The second kappa shape index (κ2) is 6.93. The number of aromatic nitrogens is 5. The molecule has 0 fully saturated rings. The van der Waals surface area contributed by atoms with Crippen LogP contribution in [0.25, 0.3) is 60.9 Å². The van der Waals surface area contributed by atoms with Gasteiger partial charge in [0, 0.05) is 28.7 Å². The van der Waals surface area contributed by atoms with Crippen LogP contribution in [0, 0.1) is 0 Å². The van der Waals surface area contributed by atoms with Crippen molar-refractivity contribution in [2.45, 2.75) is 0 Å². The molecule has 0 spiro atoms. The summed E-state index contributed by atoms with van der Waals surface area (Å²) in [6.07, 6.45) is 3.37. The van der Waals surface area contributed by atoms with Crippen molar-refractivity contribution in [3.05, 3.63) is 103 Å². The van der Waals surface area contributed by atoms with E-state index in [1.807, 2.05) is 30.3 Å². The maximum Gasteiger partial charge on any atom is 0.184 e. The molecule has 0 saturated heterocycles. The van der Waals surface area contributed by atoms with Crippen LogP contribution < -0.4 is 0 Å². The molecule has 7 aromatic rings. The number of hydrogen-bond acceptors (Lipinski definition) is 4. The Balaban J connectivity index is 1.66. The second-order valence-corrected chi connectivity index (χ2v) is 8.03. The smallest absolute Gasteiger partial charge is 0.184 e. The molecule has 0 radical (unpaired) electrons. The van der Waals surface area contributed by atoms with Crippen molar-refractivity contribution in [1.82, 2.24) is 24.5 Å². The van der Waals surface area contributed by atoms with Gasteiger partial charge in [0.2, 0.25) is 0 Å². The largest absolute Gasteiger partial charge is 0.292 e. The number of para-hydroxylation sites is 1. The minimum Gasteiger partial charge on any atom is -0.292 e. The molecule has 0 aliphatic heterocycles. The zero-order valence-corrected chi connectivity index (χ0v) is 17.6. The number of nitrogens with zero attached hydrogens (tertiary/aromatic N) is 5. The SMILES string of the molecule is c1ccc(-c2nc(-n3c4ccccc4c4cc5ccccc5cc43)c3nccnc3n2)cc1. The summed E-state index contributed by atoms with van der Waals surface area (Å²) in [7, 11) is 0. The molecule has 154 valence electrons. The van der Waals surface area contributed by atoms with Crippen LogP contribution in [0.4, 0.5) is 0 Å². The van der Waals surface area contributed by atoms with Crippen molar-refractivity contribution in [3.63, 3.8) is 0 Å². The topological polar surface area (TPSA) is 56.5 Å². The van der Waals surface area contributed by atoms with Crippen molar-refractivity contribution >= 4 is 43.7 Å². The van der Waals surface area contributed by atoms with E-state index >= 15 is 0 Å². The molecule has 4 aromatic carbocycles. The highest BCUT2D eigenvalue weighted by atomic mass is 15.1. The van der Waals surface area contributed by atoms with E-state index in [1.165, 1.54) is 21.5 Å². The molecule has 0 N–H and O–H groups in total. The predicted molar refractivity (Wildman–Crippen MR) is 132 cm³/mol. The van der Waals surface area contributed by atoms with Gasteiger partial charge in [-0.05, 0) is 29.0 Å². The monoisotopic (exact) mass is 423 g/mol. The van der Waals surface area contributed by atoms with Crippen LogP contribution in [-0.2, 0) is 0 Å². The Morgan fingerprint density at radius 2 is 1.30 bits per heavy atom. The fraction of sp³-hybridized carbons (Fsp3) is 0. The van der Waals surface area contributed by atoms with Crippen LogP contribution in [0.1, 0.15) is 0 Å². The lowest BCUT2D eigenvalue weighted by Crippen LogP contribution is -2.04. The maximum atomic E-state index is 5.04. The summed E-state index contributed by atoms with van der Waals surface area (Å²) in [5.41, 5.74) is 4.35. The summed E-state index contributed by atoms with van der Waals surface area (Å²) < 4.78 is 2.20. The number of fused-ring (bicyclic) bond motifs is 5. The zero-order chi connectivity index (χ0) is 21.8. The summed E-state index contributed by atoms with van der Waals surface area (Å²) in [5.74, 6) is 1.36. The van der Waals surface area contributed by atoms with E-state index in [4.69, 9.17) is 9.97 Å². The minimum atomic E-state index is 0.577. The van der Waals surface area contributed by atoms with Crippen LogP contribution >= 0.6 is 0 Å². The second-order valence-electron chi connectivity index (χ2n) is 8.03. The highest BCUT2D eigenvalue weighted by Crippen LogP contribution is 2.35. The van der Waals surface area contributed by atoms with E-state index in [2.05, 4.69) is 75.2 Å². The molecule has 0 unspecified atom stereocenters. The molecule has 0 aliphatic rings. The third-order valence-corrected chi connectivity index (χ3v) is 6.10. The van der Waals surface area contributed by atoms with Gasteiger partial charge in [-0.3, -0.25) is 4.57 Å². The molecule has 3 aromatic heterocycles. The van der Waals surface area contributed by atoms with Gasteiger partial charge in [-0.2, -0.15) is 0 Å². The van der Waals surface area contributed by atoms with Gasteiger partial charge in [-0.25, -0.2) is 19.9 Å². The Labute approximate surface area is 189 Å². The van der Waals surface area contributed by atoms with Gasteiger partial charge < -0.3 is 0 Å². The van der Waals surface area contributed by atoms with Crippen molar-refractivity contribution in [1.29, 1.82) is 0 Å². The van der Waals surface area contributed by atoms with Crippen molar-refractivity contribution in [3.8, 4) is 17.2 Å². The molecule has 5 nitrogen and oxygen atoms in total. The van der Waals surface area contributed by atoms with Gasteiger partial charge in [-0.15, -0.1) is 0 Å². The van der Waals surface area contributed by atoms with Gasteiger partial charge in [-0.1, -0.05) is 72.8 Å². The molecule has 5 heteroatoms. The lowest BCUT2D eigenvalue weighted by atomic mass is 10.1. The molecule has 0 aliphatic carbocycles. The predicted octanol–water partition coefficient (Wildman–Crippen LogP) is 6.34. The van der Waals surface area contributed by atoms with E-state index < -0.39 is 0 Å². The summed E-state index contributed by atoms with van der Waals surface area (Å²) in [4.78, 5) is 18.9.